The van der Waals surface area contributed by atoms with Crippen LogP contribution in [0.1, 0.15) is 24.5 Å². The molecule has 1 atom stereocenters. The highest BCUT2D eigenvalue weighted by molar-refractivity contribution is 6.09. The van der Waals surface area contributed by atoms with Crippen LogP contribution in [-0.2, 0) is 20.9 Å². The summed E-state index contributed by atoms with van der Waals surface area (Å²) in [6.45, 7) is 3.56. The van der Waals surface area contributed by atoms with Gasteiger partial charge >= 0.3 is 12.0 Å². The third-order valence-corrected chi connectivity index (χ3v) is 3.53. The Morgan fingerprint density at radius 1 is 1.35 bits per heavy atom. The Labute approximate surface area is 132 Å². The minimum atomic E-state index is -1.21. The van der Waals surface area contributed by atoms with Crippen LogP contribution in [-0.4, -0.2) is 39.9 Å². The molecule has 0 aliphatic carbocycles. The van der Waals surface area contributed by atoms with Crippen molar-refractivity contribution in [2.24, 2.45) is 0 Å². The molecule has 1 aliphatic rings. The predicted molar refractivity (Wildman–Crippen MR) is 80.6 cm³/mol. The molecule has 8 heteroatoms. The molecule has 2 rings (SSSR count). The van der Waals surface area contributed by atoms with Crippen molar-refractivity contribution in [1.82, 2.24) is 10.2 Å². The molecule has 1 aliphatic heterocycles. The Morgan fingerprint density at radius 3 is 2.57 bits per heavy atom. The lowest BCUT2D eigenvalue weighted by molar-refractivity contribution is -0.157. The van der Waals surface area contributed by atoms with Gasteiger partial charge in [0.15, 0.2) is 0 Å². The lowest BCUT2D eigenvalue weighted by Crippen LogP contribution is -2.60. The fourth-order valence-corrected chi connectivity index (χ4v) is 2.25. The Kier molecular flexibility index (Phi) is 4.63. The van der Waals surface area contributed by atoms with Crippen LogP contribution in [0.25, 0.3) is 0 Å². The maximum atomic E-state index is 12.0. The van der Waals surface area contributed by atoms with Crippen molar-refractivity contribution in [2.75, 3.05) is 5.32 Å². The van der Waals surface area contributed by atoms with Crippen LogP contribution in [0.15, 0.2) is 18.2 Å². The van der Waals surface area contributed by atoms with Crippen LogP contribution in [0.2, 0.25) is 0 Å². The number of nitrogens with one attached hydrogen (secondary N) is 2. The molecule has 1 fully saturated rings. The van der Waals surface area contributed by atoms with Gasteiger partial charge in [0, 0.05) is 19.2 Å². The maximum Gasteiger partial charge on any atom is 0.329 e. The summed E-state index contributed by atoms with van der Waals surface area (Å²) >= 11 is 0. The van der Waals surface area contributed by atoms with E-state index in [1.807, 2.05) is 0 Å². The predicted octanol–water partition coefficient (Wildman–Crippen LogP) is 0.849. The van der Waals surface area contributed by atoms with Gasteiger partial charge < -0.3 is 15.7 Å². The number of rotatable bonds is 4. The molecule has 8 nitrogen and oxygen atoms in total. The van der Waals surface area contributed by atoms with E-state index >= 15 is 0 Å². The number of amides is 4. The van der Waals surface area contributed by atoms with E-state index in [4.69, 9.17) is 5.11 Å². The standard InChI is InChI=1S/C15H17N3O5/c1-8-5-10(7-16-9(2)19)3-4-11(8)17-15(23)18-12(14(21)22)6-13(18)20/h3-5,12H,6-7H2,1-2H3,(H,16,19)(H,17,23)(H,21,22)/t12-/m0/s1. The van der Waals surface area contributed by atoms with Crippen molar-refractivity contribution in [3.8, 4) is 0 Å². The third-order valence-electron chi connectivity index (χ3n) is 3.53. The smallest absolute Gasteiger partial charge is 0.329 e. The van der Waals surface area contributed by atoms with E-state index in [0.29, 0.717) is 17.1 Å². The van der Waals surface area contributed by atoms with Gasteiger partial charge in [-0.15, -0.1) is 0 Å². The molecule has 1 aromatic carbocycles. The number of hydrogen-bond donors (Lipinski definition) is 3. The number of urea groups is 1. The summed E-state index contributed by atoms with van der Waals surface area (Å²) in [5, 5.41) is 14.1. The minimum absolute atomic E-state index is 0.143. The van der Waals surface area contributed by atoms with E-state index in [1.165, 1.54) is 6.92 Å². The Balaban J connectivity index is 2.05. The van der Waals surface area contributed by atoms with Crippen molar-refractivity contribution >= 4 is 29.5 Å². The molecule has 122 valence electrons. The van der Waals surface area contributed by atoms with Gasteiger partial charge in [0.05, 0.1) is 6.42 Å². The first-order valence-corrected chi connectivity index (χ1v) is 6.99. The number of aryl methyl sites for hydroxylation is 1. The maximum absolute atomic E-state index is 12.0. The molecule has 0 spiro atoms. The van der Waals surface area contributed by atoms with Crippen LogP contribution in [0.5, 0.6) is 0 Å². The van der Waals surface area contributed by atoms with E-state index in [0.717, 1.165) is 11.1 Å². The van der Waals surface area contributed by atoms with Crippen LogP contribution in [0, 0.1) is 6.92 Å². The van der Waals surface area contributed by atoms with Crippen LogP contribution < -0.4 is 10.6 Å². The van der Waals surface area contributed by atoms with E-state index in [2.05, 4.69) is 10.6 Å². The highest BCUT2D eigenvalue weighted by Gasteiger charge is 2.45. The Bertz CT molecular complexity index is 686. The molecule has 3 N–H and O–H groups in total. The zero-order valence-corrected chi connectivity index (χ0v) is 12.8. The van der Waals surface area contributed by atoms with Gasteiger partial charge in [-0.2, -0.15) is 0 Å². The molecule has 23 heavy (non-hydrogen) atoms. The molecular weight excluding hydrogens is 302 g/mol. The van der Waals surface area contributed by atoms with E-state index in [1.54, 1.807) is 25.1 Å². The number of β-lactam (4-membered cyclic amide) rings is 1. The fourth-order valence-electron chi connectivity index (χ4n) is 2.25. The molecule has 0 unspecified atom stereocenters. The summed E-state index contributed by atoms with van der Waals surface area (Å²) in [7, 11) is 0. The SMILES string of the molecule is CC(=O)NCc1ccc(NC(=O)N2C(=O)C[C@H]2C(=O)O)c(C)c1. The molecule has 1 heterocycles. The minimum Gasteiger partial charge on any atom is -0.480 e. The fraction of sp³-hybridized carbons (Fsp3) is 0.333. The second-order valence-corrected chi connectivity index (χ2v) is 5.31. The number of imide groups is 1. The monoisotopic (exact) mass is 319 g/mol. The second-order valence-electron chi connectivity index (χ2n) is 5.31. The number of carboxylic acids is 1. The van der Waals surface area contributed by atoms with Crippen molar-refractivity contribution in [3.63, 3.8) is 0 Å². The molecule has 0 saturated carbocycles. The molecular formula is C15H17N3O5. The summed E-state index contributed by atoms with van der Waals surface area (Å²) in [5.74, 6) is -1.87. The topological polar surface area (TPSA) is 116 Å². The van der Waals surface area contributed by atoms with Gasteiger partial charge in [0.2, 0.25) is 11.8 Å². The summed E-state index contributed by atoms with van der Waals surface area (Å²) in [6.07, 6.45) is -0.169. The lowest BCUT2D eigenvalue weighted by Gasteiger charge is -2.35. The van der Waals surface area contributed by atoms with Crippen molar-refractivity contribution < 1.29 is 24.3 Å². The first kappa shape index (κ1) is 16.5. The van der Waals surface area contributed by atoms with E-state index < -0.39 is 23.9 Å². The van der Waals surface area contributed by atoms with Gasteiger partial charge in [0.1, 0.15) is 6.04 Å². The normalized spacial score (nSPS) is 16.5. The highest BCUT2D eigenvalue weighted by Crippen LogP contribution is 2.23. The molecule has 1 saturated heterocycles. The van der Waals surface area contributed by atoms with Gasteiger partial charge in [0.25, 0.3) is 0 Å². The molecule has 0 bridgehead atoms. The number of anilines is 1. The first-order chi connectivity index (χ1) is 10.8. The second kappa shape index (κ2) is 6.47. The number of carboxylic acid groups (broad SMARTS) is 1. The van der Waals surface area contributed by atoms with Crippen LogP contribution >= 0.6 is 0 Å². The number of hydrogen-bond acceptors (Lipinski definition) is 4. The van der Waals surface area contributed by atoms with Crippen molar-refractivity contribution in [2.45, 2.75) is 32.9 Å². The molecule has 0 radical (unpaired) electrons. The number of carbonyl (C=O) groups is 4. The zero-order valence-electron chi connectivity index (χ0n) is 12.8. The summed E-state index contributed by atoms with van der Waals surface area (Å²) in [4.78, 5) is 46.0. The number of likely N-dealkylation sites (tertiary alicyclic amines) is 1. The highest BCUT2D eigenvalue weighted by atomic mass is 16.4. The quantitative estimate of drug-likeness (QED) is 0.711. The van der Waals surface area contributed by atoms with E-state index in [-0.39, 0.29) is 12.3 Å². The Morgan fingerprint density at radius 2 is 2.04 bits per heavy atom. The number of carbonyl (C=O) groups excluding carboxylic acids is 3. The van der Waals surface area contributed by atoms with Crippen LogP contribution in [0.4, 0.5) is 10.5 Å². The lowest BCUT2D eigenvalue weighted by atomic mass is 10.0. The summed E-state index contributed by atoms with van der Waals surface area (Å²) in [6, 6.07) is 3.29. The largest absolute Gasteiger partial charge is 0.480 e. The molecule has 1 aromatic rings. The van der Waals surface area contributed by atoms with E-state index in [9.17, 15) is 19.2 Å². The average Bonchev–Trinajstić information content (AvgIpc) is 2.44. The van der Waals surface area contributed by atoms with Gasteiger partial charge in [-0.3, -0.25) is 9.59 Å². The Hall–Kier alpha value is -2.90. The van der Waals surface area contributed by atoms with Gasteiger partial charge in [-0.1, -0.05) is 12.1 Å². The number of nitrogens with zero attached hydrogens (tertiary/aromatic N) is 1. The van der Waals surface area contributed by atoms with Crippen LogP contribution in [0.3, 0.4) is 0 Å². The number of aliphatic carboxylic acids is 1. The molecule has 0 aromatic heterocycles. The first-order valence-electron chi connectivity index (χ1n) is 6.99. The van der Waals surface area contributed by atoms with Crippen molar-refractivity contribution in [1.29, 1.82) is 0 Å². The summed E-state index contributed by atoms with van der Waals surface area (Å²) < 4.78 is 0. The van der Waals surface area contributed by atoms with Gasteiger partial charge in [-0.05, 0) is 24.1 Å². The van der Waals surface area contributed by atoms with Crippen molar-refractivity contribution in [3.05, 3.63) is 29.3 Å². The third kappa shape index (κ3) is 3.65. The number of benzene rings is 1. The van der Waals surface area contributed by atoms with Gasteiger partial charge in [-0.25, -0.2) is 14.5 Å². The molecule has 4 amide bonds. The zero-order chi connectivity index (χ0) is 17.1. The summed E-state index contributed by atoms with van der Waals surface area (Å²) in [5.41, 5.74) is 2.07. The average molecular weight is 319 g/mol.